The zero-order valence-corrected chi connectivity index (χ0v) is 15.4. The maximum atomic E-state index is 12.2. The van der Waals surface area contributed by atoms with Crippen molar-refractivity contribution >= 4 is 17.7 Å². The Morgan fingerprint density at radius 1 is 0.962 bits per heavy atom. The van der Waals surface area contributed by atoms with Gasteiger partial charge in [-0.1, -0.05) is 6.07 Å². The molecule has 0 aliphatic carbocycles. The van der Waals surface area contributed by atoms with Crippen molar-refractivity contribution in [3.8, 4) is 23.0 Å². The first kappa shape index (κ1) is 19.2. The van der Waals surface area contributed by atoms with Gasteiger partial charge in [-0.05, 0) is 42.8 Å². The molecular formula is C20H23NO5. The summed E-state index contributed by atoms with van der Waals surface area (Å²) in [5, 5.41) is 2.78. The van der Waals surface area contributed by atoms with Gasteiger partial charge in [0.05, 0.1) is 33.6 Å². The molecule has 0 bridgehead atoms. The summed E-state index contributed by atoms with van der Waals surface area (Å²) in [5.74, 6) is 2.17. The van der Waals surface area contributed by atoms with Crippen LogP contribution in [-0.4, -0.2) is 33.8 Å². The molecule has 26 heavy (non-hydrogen) atoms. The van der Waals surface area contributed by atoms with Gasteiger partial charge in [0.2, 0.25) is 5.91 Å². The number of carbonyl (C=O) groups is 1. The van der Waals surface area contributed by atoms with E-state index in [1.54, 1.807) is 51.7 Å². The topological polar surface area (TPSA) is 66.0 Å². The second-order valence-electron chi connectivity index (χ2n) is 5.23. The van der Waals surface area contributed by atoms with E-state index in [0.717, 1.165) is 5.56 Å². The molecule has 0 unspecified atom stereocenters. The molecule has 2 aromatic rings. The number of nitrogens with one attached hydrogen (secondary N) is 1. The lowest BCUT2D eigenvalue weighted by Gasteiger charge is -2.11. The van der Waals surface area contributed by atoms with Gasteiger partial charge in [-0.3, -0.25) is 4.79 Å². The van der Waals surface area contributed by atoms with Crippen molar-refractivity contribution in [1.82, 2.24) is 0 Å². The minimum Gasteiger partial charge on any atom is -0.497 e. The van der Waals surface area contributed by atoms with Crippen molar-refractivity contribution in [2.45, 2.75) is 6.92 Å². The Morgan fingerprint density at radius 2 is 1.69 bits per heavy atom. The third-order valence-electron chi connectivity index (χ3n) is 3.58. The molecule has 2 aromatic carbocycles. The molecule has 6 heteroatoms. The van der Waals surface area contributed by atoms with E-state index in [-0.39, 0.29) is 5.91 Å². The standard InChI is InChI=1S/C20H23NO5/c1-5-26-18-9-6-14(12-19(18)25-4)7-11-20(22)21-16-13-15(23-2)8-10-17(16)24-3/h6-13H,5H2,1-4H3,(H,21,22)/b11-7+. The molecule has 2 rings (SSSR count). The van der Waals surface area contributed by atoms with Crippen molar-refractivity contribution in [2.24, 2.45) is 0 Å². The number of hydrogen-bond acceptors (Lipinski definition) is 5. The van der Waals surface area contributed by atoms with Crippen molar-refractivity contribution in [3.63, 3.8) is 0 Å². The van der Waals surface area contributed by atoms with E-state index < -0.39 is 0 Å². The molecule has 0 saturated carbocycles. The fourth-order valence-corrected chi connectivity index (χ4v) is 2.32. The average Bonchev–Trinajstić information content (AvgIpc) is 2.67. The Labute approximate surface area is 153 Å². The van der Waals surface area contributed by atoms with Crippen molar-refractivity contribution in [2.75, 3.05) is 33.3 Å². The maximum Gasteiger partial charge on any atom is 0.248 e. The molecular weight excluding hydrogens is 334 g/mol. The van der Waals surface area contributed by atoms with Gasteiger partial charge in [-0.25, -0.2) is 0 Å². The summed E-state index contributed by atoms with van der Waals surface area (Å²) in [6, 6.07) is 10.7. The number of methoxy groups -OCH3 is 3. The van der Waals surface area contributed by atoms with Crippen LogP contribution in [0.2, 0.25) is 0 Å². The van der Waals surface area contributed by atoms with Gasteiger partial charge in [0.25, 0.3) is 0 Å². The van der Waals surface area contributed by atoms with Crippen LogP contribution in [-0.2, 0) is 4.79 Å². The highest BCUT2D eigenvalue weighted by molar-refractivity contribution is 6.02. The van der Waals surface area contributed by atoms with Gasteiger partial charge in [0, 0.05) is 12.1 Å². The second-order valence-corrected chi connectivity index (χ2v) is 5.23. The third kappa shape index (κ3) is 4.92. The van der Waals surface area contributed by atoms with E-state index >= 15 is 0 Å². The van der Waals surface area contributed by atoms with Gasteiger partial charge in [-0.2, -0.15) is 0 Å². The number of carbonyl (C=O) groups excluding carboxylic acids is 1. The molecule has 0 spiro atoms. The van der Waals surface area contributed by atoms with Crippen LogP contribution in [0.5, 0.6) is 23.0 Å². The lowest BCUT2D eigenvalue weighted by molar-refractivity contribution is -0.111. The quantitative estimate of drug-likeness (QED) is 0.729. The van der Waals surface area contributed by atoms with Crippen LogP contribution in [0.4, 0.5) is 5.69 Å². The van der Waals surface area contributed by atoms with E-state index in [1.165, 1.54) is 6.08 Å². The second kappa shape index (κ2) is 9.36. The van der Waals surface area contributed by atoms with Crippen molar-refractivity contribution in [1.29, 1.82) is 0 Å². The highest BCUT2D eigenvalue weighted by atomic mass is 16.5. The van der Waals surface area contributed by atoms with Gasteiger partial charge in [0.15, 0.2) is 11.5 Å². The van der Waals surface area contributed by atoms with Gasteiger partial charge in [0.1, 0.15) is 11.5 Å². The summed E-state index contributed by atoms with van der Waals surface area (Å²) < 4.78 is 21.2. The van der Waals surface area contributed by atoms with E-state index in [4.69, 9.17) is 18.9 Å². The summed E-state index contributed by atoms with van der Waals surface area (Å²) in [6.45, 7) is 2.46. The molecule has 0 saturated heterocycles. The minimum atomic E-state index is -0.288. The zero-order valence-electron chi connectivity index (χ0n) is 15.4. The van der Waals surface area contributed by atoms with Crippen LogP contribution in [0, 0.1) is 0 Å². The smallest absolute Gasteiger partial charge is 0.248 e. The molecule has 0 radical (unpaired) electrons. The monoisotopic (exact) mass is 357 g/mol. The van der Waals surface area contributed by atoms with Crippen LogP contribution >= 0.6 is 0 Å². The van der Waals surface area contributed by atoms with Crippen molar-refractivity contribution < 1.29 is 23.7 Å². The molecule has 0 atom stereocenters. The van der Waals surface area contributed by atoms with Crippen LogP contribution in [0.15, 0.2) is 42.5 Å². The predicted octanol–water partition coefficient (Wildman–Crippen LogP) is 3.76. The Bertz CT molecular complexity index is 786. The normalized spacial score (nSPS) is 10.5. The van der Waals surface area contributed by atoms with Gasteiger partial charge in [-0.15, -0.1) is 0 Å². The SMILES string of the molecule is CCOc1ccc(/C=C/C(=O)Nc2cc(OC)ccc2OC)cc1OC. The molecule has 0 heterocycles. The summed E-state index contributed by atoms with van der Waals surface area (Å²) >= 11 is 0. The van der Waals surface area contributed by atoms with Crippen LogP contribution in [0.3, 0.4) is 0 Å². The summed E-state index contributed by atoms with van der Waals surface area (Å²) in [4.78, 5) is 12.2. The third-order valence-corrected chi connectivity index (χ3v) is 3.58. The van der Waals surface area contributed by atoms with Crippen LogP contribution in [0.1, 0.15) is 12.5 Å². The Kier molecular flexibility index (Phi) is 6.91. The Hall–Kier alpha value is -3.15. The molecule has 0 aliphatic rings. The maximum absolute atomic E-state index is 12.2. The number of hydrogen-bond donors (Lipinski definition) is 1. The number of ether oxygens (including phenoxy) is 4. The fraction of sp³-hybridized carbons (Fsp3) is 0.250. The molecule has 1 N–H and O–H groups in total. The highest BCUT2D eigenvalue weighted by Gasteiger charge is 2.08. The zero-order chi connectivity index (χ0) is 18.9. The number of amides is 1. The lowest BCUT2D eigenvalue weighted by atomic mass is 10.2. The highest BCUT2D eigenvalue weighted by Crippen LogP contribution is 2.30. The first-order valence-electron chi connectivity index (χ1n) is 8.13. The Morgan fingerprint density at radius 3 is 2.35 bits per heavy atom. The van der Waals surface area contributed by atoms with Crippen LogP contribution < -0.4 is 24.3 Å². The first-order valence-corrected chi connectivity index (χ1v) is 8.13. The lowest BCUT2D eigenvalue weighted by Crippen LogP contribution is -2.09. The molecule has 0 aliphatic heterocycles. The van der Waals surface area contributed by atoms with Crippen LogP contribution in [0.25, 0.3) is 6.08 Å². The van der Waals surface area contributed by atoms with Crippen molar-refractivity contribution in [3.05, 3.63) is 48.0 Å². The average molecular weight is 357 g/mol. The molecule has 0 aromatic heterocycles. The number of anilines is 1. The first-order chi connectivity index (χ1) is 12.6. The Balaban J connectivity index is 2.12. The van der Waals surface area contributed by atoms with E-state index in [2.05, 4.69) is 5.32 Å². The summed E-state index contributed by atoms with van der Waals surface area (Å²) in [5.41, 5.74) is 1.35. The van der Waals surface area contributed by atoms with Gasteiger partial charge >= 0.3 is 0 Å². The van der Waals surface area contributed by atoms with Gasteiger partial charge < -0.3 is 24.3 Å². The molecule has 0 fully saturated rings. The largest absolute Gasteiger partial charge is 0.497 e. The minimum absolute atomic E-state index is 0.288. The molecule has 138 valence electrons. The predicted molar refractivity (Wildman–Crippen MR) is 101 cm³/mol. The summed E-state index contributed by atoms with van der Waals surface area (Å²) in [7, 11) is 4.68. The van der Waals surface area contributed by atoms with E-state index in [9.17, 15) is 4.79 Å². The fourth-order valence-electron chi connectivity index (χ4n) is 2.32. The number of rotatable bonds is 8. The van der Waals surface area contributed by atoms with E-state index in [0.29, 0.717) is 35.3 Å². The number of benzene rings is 2. The summed E-state index contributed by atoms with van der Waals surface area (Å²) in [6.07, 6.45) is 3.13. The molecule has 6 nitrogen and oxygen atoms in total. The van der Waals surface area contributed by atoms with E-state index in [1.807, 2.05) is 19.1 Å². The molecule has 1 amide bonds.